The molecule has 0 saturated carbocycles. The van der Waals surface area contributed by atoms with Gasteiger partial charge >= 0.3 is 5.69 Å². The monoisotopic (exact) mass is 356 g/mol. The third-order valence-corrected chi connectivity index (χ3v) is 3.61. The van der Waals surface area contributed by atoms with Crippen LogP contribution in [0.15, 0.2) is 23.1 Å². The molecule has 112 valence electrons. The van der Waals surface area contributed by atoms with Crippen molar-refractivity contribution in [2.45, 2.75) is 20.0 Å². The lowest BCUT2D eigenvalue weighted by atomic mass is 10.4. The van der Waals surface area contributed by atoms with E-state index in [4.69, 9.17) is 0 Å². The molecule has 0 saturated heterocycles. The van der Waals surface area contributed by atoms with Gasteiger partial charge in [0.1, 0.15) is 18.9 Å². The first-order chi connectivity index (χ1) is 9.97. The fourth-order valence-electron chi connectivity index (χ4n) is 1.65. The highest BCUT2D eigenvalue weighted by Crippen LogP contribution is 2.13. The quantitative estimate of drug-likeness (QED) is 0.610. The minimum absolute atomic E-state index is 0.0710. The van der Waals surface area contributed by atoms with Crippen molar-refractivity contribution in [3.05, 3.63) is 38.9 Å². The molecule has 2 rings (SSSR count). The highest BCUT2D eigenvalue weighted by molar-refractivity contribution is 9.10. The second-order valence-corrected chi connectivity index (χ2v) is 5.16. The molecule has 2 aromatic rings. The Bertz CT molecular complexity index is 665. The van der Waals surface area contributed by atoms with Crippen molar-refractivity contribution >= 4 is 27.5 Å². The number of nitro groups is 1. The summed E-state index contributed by atoms with van der Waals surface area (Å²) in [6, 6.07) is 0. The fraction of sp³-hybridized carbons (Fsp3) is 0.364. The molecule has 0 spiro atoms. The van der Waals surface area contributed by atoms with E-state index in [1.807, 2.05) is 6.92 Å². The standard InChI is InChI=1S/C11H13BrN6O3/c1-8-10(12)5-15-17(8)7-11(19)13-2-3-16-6-9(4-14-16)18(20)21/h4-6H,2-3,7H2,1H3,(H,13,19). The Morgan fingerprint density at radius 1 is 1.48 bits per heavy atom. The van der Waals surface area contributed by atoms with E-state index in [0.29, 0.717) is 13.1 Å². The van der Waals surface area contributed by atoms with Crippen LogP contribution in [0.1, 0.15) is 5.69 Å². The summed E-state index contributed by atoms with van der Waals surface area (Å²) in [4.78, 5) is 21.7. The van der Waals surface area contributed by atoms with Gasteiger partial charge in [-0.2, -0.15) is 10.2 Å². The maximum absolute atomic E-state index is 11.8. The number of hydrogen-bond acceptors (Lipinski definition) is 5. The zero-order chi connectivity index (χ0) is 15.4. The Morgan fingerprint density at radius 2 is 2.24 bits per heavy atom. The van der Waals surface area contributed by atoms with Gasteiger partial charge in [0, 0.05) is 6.54 Å². The summed E-state index contributed by atoms with van der Waals surface area (Å²) in [5, 5.41) is 21.1. The zero-order valence-electron chi connectivity index (χ0n) is 11.2. The van der Waals surface area contributed by atoms with Crippen LogP contribution in [0.2, 0.25) is 0 Å². The molecule has 2 aromatic heterocycles. The molecule has 2 heterocycles. The van der Waals surface area contributed by atoms with Crippen LogP contribution in [0, 0.1) is 17.0 Å². The topological polar surface area (TPSA) is 108 Å². The van der Waals surface area contributed by atoms with Crippen molar-refractivity contribution in [1.29, 1.82) is 0 Å². The molecule has 21 heavy (non-hydrogen) atoms. The van der Waals surface area contributed by atoms with Crippen molar-refractivity contribution in [2.75, 3.05) is 6.54 Å². The molecule has 9 nitrogen and oxygen atoms in total. The number of rotatable bonds is 6. The minimum atomic E-state index is -0.513. The van der Waals surface area contributed by atoms with Gasteiger partial charge in [-0.3, -0.25) is 24.3 Å². The Balaban J connectivity index is 1.79. The van der Waals surface area contributed by atoms with E-state index in [0.717, 1.165) is 10.2 Å². The summed E-state index contributed by atoms with van der Waals surface area (Å²) in [5.41, 5.74) is 0.797. The third kappa shape index (κ3) is 3.88. The maximum atomic E-state index is 11.8. The van der Waals surface area contributed by atoms with Crippen molar-refractivity contribution in [3.63, 3.8) is 0 Å². The van der Waals surface area contributed by atoms with Crippen LogP contribution in [0.25, 0.3) is 0 Å². The summed E-state index contributed by atoms with van der Waals surface area (Å²) in [7, 11) is 0. The van der Waals surface area contributed by atoms with Crippen molar-refractivity contribution < 1.29 is 9.72 Å². The van der Waals surface area contributed by atoms with E-state index in [1.165, 1.54) is 17.1 Å². The van der Waals surface area contributed by atoms with Crippen LogP contribution >= 0.6 is 15.9 Å². The van der Waals surface area contributed by atoms with Gasteiger partial charge in [0.2, 0.25) is 5.91 Å². The second-order valence-electron chi connectivity index (χ2n) is 4.30. The Labute approximate surface area is 128 Å². The lowest BCUT2D eigenvalue weighted by Gasteiger charge is -2.06. The van der Waals surface area contributed by atoms with E-state index < -0.39 is 4.92 Å². The zero-order valence-corrected chi connectivity index (χ0v) is 12.8. The molecule has 0 aliphatic heterocycles. The predicted molar refractivity (Wildman–Crippen MR) is 76.6 cm³/mol. The van der Waals surface area contributed by atoms with Gasteiger partial charge in [-0.1, -0.05) is 0 Å². The smallest absolute Gasteiger partial charge is 0.306 e. The molecule has 0 atom stereocenters. The normalized spacial score (nSPS) is 10.6. The van der Waals surface area contributed by atoms with Crippen LogP contribution in [-0.2, 0) is 17.9 Å². The van der Waals surface area contributed by atoms with E-state index >= 15 is 0 Å². The Kier molecular flexibility index (Phi) is 4.68. The number of hydrogen-bond donors (Lipinski definition) is 1. The Morgan fingerprint density at radius 3 is 2.81 bits per heavy atom. The van der Waals surface area contributed by atoms with Crippen molar-refractivity contribution in [1.82, 2.24) is 24.9 Å². The highest BCUT2D eigenvalue weighted by Gasteiger charge is 2.10. The summed E-state index contributed by atoms with van der Waals surface area (Å²) in [6.07, 6.45) is 4.12. The molecular weight excluding hydrogens is 344 g/mol. The largest absolute Gasteiger partial charge is 0.353 e. The lowest BCUT2D eigenvalue weighted by molar-refractivity contribution is -0.385. The molecular formula is C11H13BrN6O3. The maximum Gasteiger partial charge on any atom is 0.306 e. The first kappa shape index (κ1) is 15.2. The molecule has 0 fully saturated rings. The molecule has 0 unspecified atom stereocenters. The van der Waals surface area contributed by atoms with Gasteiger partial charge in [-0.15, -0.1) is 0 Å². The van der Waals surface area contributed by atoms with Crippen LogP contribution in [0.3, 0.4) is 0 Å². The van der Waals surface area contributed by atoms with Crippen LogP contribution in [0.5, 0.6) is 0 Å². The lowest BCUT2D eigenvalue weighted by Crippen LogP contribution is -2.31. The minimum Gasteiger partial charge on any atom is -0.353 e. The molecule has 10 heteroatoms. The number of halogens is 1. The number of aromatic nitrogens is 4. The first-order valence-corrected chi connectivity index (χ1v) is 6.88. The van der Waals surface area contributed by atoms with E-state index in [9.17, 15) is 14.9 Å². The molecule has 0 aliphatic carbocycles. The van der Waals surface area contributed by atoms with Gasteiger partial charge in [0.05, 0.1) is 27.8 Å². The van der Waals surface area contributed by atoms with Gasteiger partial charge in [0.15, 0.2) is 0 Å². The van der Waals surface area contributed by atoms with E-state index in [2.05, 4.69) is 31.4 Å². The average Bonchev–Trinajstić information content (AvgIpc) is 3.01. The van der Waals surface area contributed by atoms with Crippen molar-refractivity contribution in [3.8, 4) is 0 Å². The SMILES string of the molecule is Cc1c(Br)cnn1CC(=O)NCCn1cc([N+](=O)[O-])cn1. The molecule has 0 radical (unpaired) electrons. The van der Waals surface area contributed by atoms with Gasteiger partial charge in [-0.25, -0.2) is 0 Å². The van der Waals surface area contributed by atoms with Gasteiger partial charge in [0.25, 0.3) is 0 Å². The number of carbonyl (C=O) groups is 1. The first-order valence-electron chi connectivity index (χ1n) is 6.09. The summed E-state index contributed by atoms with van der Waals surface area (Å²) in [5.74, 6) is -0.185. The summed E-state index contributed by atoms with van der Waals surface area (Å²) >= 11 is 3.32. The van der Waals surface area contributed by atoms with Gasteiger partial charge < -0.3 is 5.32 Å². The molecule has 1 amide bonds. The molecule has 0 aromatic carbocycles. The molecule has 0 bridgehead atoms. The summed E-state index contributed by atoms with van der Waals surface area (Å²) < 4.78 is 3.84. The van der Waals surface area contributed by atoms with Crippen LogP contribution in [-0.4, -0.2) is 36.9 Å². The predicted octanol–water partition coefficient (Wildman–Crippen LogP) is 0.875. The number of carbonyl (C=O) groups excluding carboxylic acids is 1. The van der Waals surface area contributed by atoms with Crippen molar-refractivity contribution in [2.24, 2.45) is 0 Å². The highest BCUT2D eigenvalue weighted by atomic mass is 79.9. The van der Waals surface area contributed by atoms with Gasteiger partial charge in [-0.05, 0) is 22.9 Å². The molecule has 1 N–H and O–H groups in total. The number of amides is 1. The third-order valence-electron chi connectivity index (χ3n) is 2.83. The fourth-order valence-corrected chi connectivity index (χ4v) is 1.95. The van der Waals surface area contributed by atoms with E-state index in [-0.39, 0.29) is 18.1 Å². The second kappa shape index (κ2) is 6.48. The number of nitrogens with zero attached hydrogens (tertiary/aromatic N) is 5. The van der Waals surface area contributed by atoms with Crippen LogP contribution < -0.4 is 5.32 Å². The van der Waals surface area contributed by atoms with E-state index in [1.54, 1.807) is 10.9 Å². The average molecular weight is 357 g/mol. The summed E-state index contributed by atoms with van der Waals surface area (Å²) in [6.45, 7) is 2.67. The van der Waals surface area contributed by atoms with Crippen LogP contribution in [0.4, 0.5) is 5.69 Å². The number of nitrogens with one attached hydrogen (secondary N) is 1. The Hall–Kier alpha value is -2.23. The molecule has 0 aliphatic rings.